The first-order valence-electron chi connectivity index (χ1n) is 14.3. The van der Waals surface area contributed by atoms with Crippen LogP contribution in [0.25, 0.3) is 50.4 Å². The summed E-state index contributed by atoms with van der Waals surface area (Å²) in [5.74, 6) is -5.78. The van der Waals surface area contributed by atoms with Gasteiger partial charge in [0.05, 0.1) is 11.4 Å². The number of nitriles is 4. The van der Waals surface area contributed by atoms with E-state index in [1.165, 1.54) is 36.4 Å². The number of benzene rings is 3. The Balaban J connectivity index is 1.45. The van der Waals surface area contributed by atoms with Crippen LogP contribution in [-0.4, -0.2) is 21.8 Å². The van der Waals surface area contributed by atoms with E-state index in [2.05, 4.69) is 0 Å². The van der Waals surface area contributed by atoms with Crippen molar-refractivity contribution in [1.82, 2.24) is 9.97 Å². The maximum Gasteiger partial charge on any atom is 0.194 e. The molecule has 0 spiro atoms. The third-order valence-corrected chi connectivity index (χ3v) is 8.65. The van der Waals surface area contributed by atoms with E-state index >= 15 is 0 Å². The second kappa shape index (κ2) is 10.9. The molecule has 4 aromatic rings. The fraction of sp³-hybridized carbons (Fsp3) is 0.0811. The molecular formula is C37H14F6N6. The molecule has 49 heavy (non-hydrogen) atoms. The highest BCUT2D eigenvalue weighted by molar-refractivity contribution is 6.07. The van der Waals surface area contributed by atoms with Crippen molar-refractivity contribution in [3.8, 4) is 57.9 Å². The van der Waals surface area contributed by atoms with E-state index in [0.717, 1.165) is 31.2 Å². The molecule has 2 unspecified atom stereocenters. The molecule has 12 heteroatoms. The summed E-state index contributed by atoms with van der Waals surface area (Å²) in [4.78, 5) is 9.55. The van der Waals surface area contributed by atoms with E-state index in [1.54, 1.807) is 0 Å². The smallest absolute Gasteiger partial charge is 0.194 e. The van der Waals surface area contributed by atoms with Gasteiger partial charge in [-0.3, -0.25) is 0 Å². The number of alkyl halides is 2. The van der Waals surface area contributed by atoms with Gasteiger partial charge in [0, 0.05) is 22.3 Å². The van der Waals surface area contributed by atoms with Gasteiger partial charge in [0.15, 0.2) is 29.3 Å². The molecule has 7 rings (SSSR count). The Hall–Kier alpha value is -6.76. The van der Waals surface area contributed by atoms with Crippen LogP contribution in [0.2, 0.25) is 0 Å². The van der Waals surface area contributed by atoms with E-state index in [-0.39, 0.29) is 78.5 Å². The van der Waals surface area contributed by atoms with Gasteiger partial charge < -0.3 is 0 Å². The first-order valence-corrected chi connectivity index (χ1v) is 14.3. The number of hydrogen-bond donors (Lipinski definition) is 0. The molecule has 1 heterocycles. The summed E-state index contributed by atoms with van der Waals surface area (Å²) >= 11 is 0. The average molecular weight is 657 g/mol. The van der Waals surface area contributed by atoms with Crippen molar-refractivity contribution in [2.24, 2.45) is 0 Å². The minimum atomic E-state index is -2.84. The summed E-state index contributed by atoms with van der Waals surface area (Å²) in [7, 11) is 0. The first-order chi connectivity index (χ1) is 23.4. The maximum absolute atomic E-state index is 14.6. The molecule has 0 aliphatic heterocycles. The van der Waals surface area contributed by atoms with Crippen molar-refractivity contribution in [3.63, 3.8) is 0 Å². The van der Waals surface area contributed by atoms with Crippen molar-refractivity contribution >= 4 is 16.7 Å². The van der Waals surface area contributed by atoms with Gasteiger partial charge in [-0.05, 0) is 76.7 Å². The molecule has 6 nitrogen and oxygen atoms in total. The molecular weight excluding hydrogens is 642 g/mol. The van der Waals surface area contributed by atoms with Crippen LogP contribution in [0.4, 0.5) is 26.3 Å². The van der Waals surface area contributed by atoms with Gasteiger partial charge >= 0.3 is 0 Å². The largest absolute Gasteiger partial charge is 0.243 e. The lowest BCUT2D eigenvalue weighted by Gasteiger charge is -2.25. The second-order valence-electron chi connectivity index (χ2n) is 11.4. The van der Waals surface area contributed by atoms with Crippen LogP contribution < -0.4 is 0 Å². The molecule has 1 aromatic heterocycles. The Labute approximate surface area is 273 Å². The second-order valence-corrected chi connectivity index (χ2v) is 11.4. The third kappa shape index (κ3) is 4.47. The number of aromatic nitrogens is 2. The summed E-state index contributed by atoms with van der Waals surface area (Å²) in [6.07, 6.45) is -0.486. The van der Waals surface area contributed by atoms with Crippen LogP contribution in [0.3, 0.4) is 0 Å². The lowest BCUT2D eigenvalue weighted by Crippen LogP contribution is -2.33. The Morgan fingerprint density at radius 3 is 1.59 bits per heavy atom. The molecule has 2 atom stereocenters. The highest BCUT2D eigenvalue weighted by Gasteiger charge is 2.42. The quantitative estimate of drug-likeness (QED) is 0.105. The fourth-order valence-electron chi connectivity index (χ4n) is 6.14. The van der Waals surface area contributed by atoms with Crippen LogP contribution in [0.5, 0.6) is 0 Å². The molecule has 3 aromatic carbocycles. The number of rotatable bonds is 2. The molecule has 0 fully saturated rings. The van der Waals surface area contributed by atoms with Gasteiger partial charge in [-0.15, -0.1) is 0 Å². The lowest BCUT2D eigenvalue weighted by atomic mass is 9.88. The van der Waals surface area contributed by atoms with E-state index in [0.29, 0.717) is 11.1 Å². The molecule has 0 N–H and O–H groups in total. The minimum absolute atomic E-state index is 0.0194. The first kappa shape index (κ1) is 30.9. The van der Waals surface area contributed by atoms with Crippen molar-refractivity contribution in [2.45, 2.75) is 18.8 Å². The molecule has 0 radical (unpaired) electrons. The summed E-state index contributed by atoms with van der Waals surface area (Å²) in [5.41, 5.74) is -1.17. The van der Waals surface area contributed by atoms with E-state index in [9.17, 15) is 47.4 Å². The number of hydrogen-bond acceptors (Lipinski definition) is 6. The van der Waals surface area contributed by atoms with Gasteiger partial charge in [-0.25, -0.2) is 36.3 Å². The summed E-state index contributed by atoms with van der Waals surface area (Å²) in [6.45, 7) is 0.785. The summed E-state index contributed by atoms with van der Waals surface area (Å²) in [5, 5.41) is 39.6. The molecule has 0 saturated heterocycles. The molecule has 0 saturated carbocycles. The predicted octanol–water partition coefficient (Wildman–Crippen LogP) is 8.54. The Kier molecular flexibility index (Phi) is 6.87. The Bertz CT molecular complexity index is 2480. The van der Waals surface area contributed by atoms with E-state index in [1.807, 2.05) is 24.3 Å². The van der Waals surface area contributed by atoms with E-state index in [4.69, 9.17) is 9.97 Å². The van der Waals surface area contributed by atoms with Gasteiger partial charge in [-0.1, -0.05) is 24.3 Å². The van der Waals surface area contributed by atoms with Crippen molar-refractivity contribution in [1.29, 1.82) is 21.0 Å². The molecule has 3 aliphatic rings. The van der Waals surface area contributed by atoms with Gasteiger partial charge in [-0.2, -0.15) is 21.0 Å². The van der Waals surface area contributed by atoms with Crippen LogP contribution in [0.15, 0.2) is 77.7 Å². The molecule has 3 aliphatic carbocycles. The number of fused-ring (bicyclic) bond motifs is 6. The van der Waals surface area contributed by atoms with Gasteiger partial charge in [0.2, 0.25) is 0 Å². The van der Waals surface area contributed by atoms with Crippen LogP contribution in [0.1, 0.15) is 35.0 Å². The summed E-state index contributed by atoms with van der Waals surface area (Å²) < 4.78 is 85.5. The lowest BCUT2D eigenvalue weighted by molar-refractivity contribution is 0.107. The maximum atomic E-state index is 14.6. The monoisotopic (exact) mass is 656 g/mol. The zero-order valence-corrected chi connectivity index (χ0v) is 24.8. The van der Waals surface area contributed by atoms with Crippen LogP contribution >= 0.6 is 0 Å². The van der Waals surface area contributed by atoms with Gasteiger partial charge in [0.25, 0.3) is 0 Å². The fourth-order valence-corrected chi connectivity index (χ4v) is 6.14. The number of nitrogens with zero attached hydrogens (tertiary/aromatic N) is 6. The highest BCUT2D eigenvalue weighted by atomic mass is 19.2. The van der Waals surface area contributed by atoms with Crippen LogP contribution in [-0.2, 0) is 0 Å². The Morgan fingerprint density at radius 2 is 1.12 bits per heavy atom. The zero-order valence-electron chi connectivity index (χ0n) is 24.8. The van der Waals surface area contributed by atoms with Gasteiger partial charge in [0.1, 0.15) is 52.6 Å². The molecule has 0 amide bonds. The number of allylic oxidation sites excluding steroid dienone is 6. The average Bonchev–Trinajstić information content (AvgIpc) is 3.57. The van der Waals surface area contributed by atoms with Crippen molar-refractivity contribution in [2.75, 3.05) is 0 Å². The SMILES string of the molecule is CC1(F)C(F)=CC(c2ccc3c(c2)C(=C(C#N)C#N)c2nc4c(nc2-3)C(=C(C#N)C#N)c2cc(-c3cc(F)c(F)c(F)c3)ccc2-4)=CC1F. The summed E-state index contributed by atoms with van der Waals surface area (Å²) in [6, 6.07) is 17.9. The van der Waals surface area contributed by atoms with Crippen LogP contribution in [0, 0.1) is 62.8 Å². The normalized spacial score (nSPS) is 18.1. The standard InChI is InChI=1S/C37H14F6N6/c1-37(43)28(40)10-19(11-29(37)41)17-3-5-23-25(7-17)31(21(14-46)15-47)36-34(23)49-35-30(20(12-44)13-45)24-6-16(2-4-22(24)33(35)48-36)18-8-26(38)32(42)27(39)9-18/h2-11,28H,1H3. The minimum Gasteiger partial charge on any atom is -0.243 e. The van der Waals surface area contributed by atoms with E-state index < -0.39 is 35.1 Å². The predicted molar refractivity (Wildman–Crippen MR) is 164 cm³/mol. The topological polar surface area (TPSA) is 121 Å². The molecule has 0 bridgehead atoms. The number of halogens is 6. The molecule has 234 valence electrons. The zero-order chi connectivity index (χ0) is 34.9. The Morgan fingerprint density at radius 1 is 0.653 bits per heavy atom. The highest BCUT2D eigenvalue weighted by Crippen LogP contribution is 2.51. The van der Waals surface area contributed by atoms with Crippen molar-refractivity contribution in [3.05, 3.63) is 123 Å². The van der Waals surface area contributed by atoms with Crippen molar-refractivity contribution < 1.29 is 26.3 Å². The third-order valence-electron chi connectivity index (χ3n) is 8.65.